The van der Waals surface area contributed by atoms with Crippen molar-refractivity contribution < 1.29 is 18.7 Å². The Bertz CT molecular complexity index is 1210. The molecule has 176 valence electrons. The van der Waals surface area contributed by atoms with Crippen LogP contribution in [0, 0.1) is 13.8 Å². The first-order valence-corrected chi connectivity index (χ1v) is 11.6. The van der Waals surface area contributed by atoms with Crippen molar-refractivity contribution in [3.8, 4) is 0 Å². The Morgan fingerprint density at radius 2 is 1.85 bits per heavy atom. The van der Waals surface area contributed by atoms with Crippen LogP contribution in [0.1, 0.15) is 62.4 Å². The van der Waals surface area contributed by atoms with E-state index in [0.29, 0.717) is 30.1 Å². The summed E-state index contributed by atoms with van der Waals surface area (Å²) in [5.41, 5.74) is 2.98. The van der Waals surface area contributed by atoms with Crippen molar-refractivity contribution in [1.82, 2.24) is 15.2 Å². The molecule has 0 radical (unpaired) electrons. The van der Waals surface area contributed by atoms with Crippen LogP contribution in [0.2, 0.25) is 0 Å². The quantitative estimate of drug-likeness (QED) is 0.638. The number of rotatable bonds is 4. The largest absolute Gasteiger partial charge is 0.466 e. The summed E-state index contributed by atoms with van der Waals surface area (Å²) in [6.07, 6.45) is 2.87. The lowest BCUT2D eigenvalue weighted by Gasteiger charge is -2.44. The van der Waals surface area contributed by atoms with Crippen LogP contribution in [-0.4, -0.2) is 48.0 Å². The van der Waals surface area contributed by atoms with Crippen LogP contribution < -0.4 is 5.32 Å². The molecule has 1 saturated heterocycles. The maximum Gasteiger partial charge on any atom is 0.270 e. The number of fused-ring (bicyclic) bond motifs is 2. The number of benzene rings is 1. The Kier molecular flexibility index (Phi) is 5.73. The van der Waals surface area contributed by atoms with E-state index in [0.717, 1.165) is 24.2 Å². The van der Waals surface area contributed by atoms with Crippen molar-refractivity contribution in [2.45, 2.75) is 44.2 Å². The van der Waals surface area contributed by atoms with Gasteiger partial charge in [-0.2, -0.15) is 0 Å². The molecule has 3 heterocycles. The second kappa shape index (κ2) is 8.72. The number of aryl methyl sites for hydroxylation is 2. The van der Waals surface area contributed by atoms with Gasteiger partial charge >= 0.3 is 0 Å². The lowest BCUT2D eigenvalue weighted by molar-refractivity contribution is -0.00934. The molecule has 7 heteroatoms. The SMILES string of the molecule is CO[C@H]1[C@H](NC(=O)c2ccccn2)c2ccccc2C12CCN(C(=O)c1cc(C)oc1C)CC2. The topological polar surface area (TPSA) is 84.7 Å². The van der Waals surface area contributed by atoms with Gasteiger partial charge in [-0.15, -0.1) is 0 Å². The summed E-state index contributed by atoms with van der Waals surface area (Å²) in [7, 11) is 1.70. The average Bonchev–Trinajstić information content (AvgIpc) is 3.33. The highest BCUT2D eigenvalue weighted by Crippen LogP contribution is 2.52. The highest BCUT2D eigenvalue weighted by atomic mass is 16.5. The maximum atomic E-state index is 13.2. The van der Waals surface area contributed by atoms with Crippen molar-refractivity contribution in [3.05, 3.63) is 88.6 Å². The number of aromatic nitrogens is 1. The molecule has 1 aromatic carbocycles. The third kappa shape index (κ3) is 3.60. The van der Waals surface area contributed by atoms with Gasteiger partial charge in [0.05, 0.1) is 17.7 Å². The maximum absolute atomic E-state index is 13.2. The number of ether oxygens (including phenoxy) is 1. The van der Waals surface area contributed by atoms with E-state index in [9.17, 15) is 9.59 Å². The number of piperidine rings is 1. The molecule has 0 unspecified atom stereocenters. The summed E-state index contributed by atoms with van der Waals surface area (Å²) in [5, 5.41) is 3.17. The van der Waals surface area contributed by atoms with Crippen molar-refractivity contribution >= 4 is 11.8 Å². The summed E-state index contributed by atoms with van der Waals surface area (Å²) in [5.74, 6) is 1.17. The number of pyridine rings is 1. The summed E-state index contributed by atoms with van der Waals surface area (Å²) >= 11 is 0. The van der Waals surface area contributed by atoms with Crippen molar-refractivity contribution in [1.29, 1.82) is 0 Å². The van der Waals surface area contributed by atoms with Gasteiger partial charge in [0, 0.05) is 31.8 Å². The number of hydrogen-bond donors (Lipinski definition) is 1. The summed E-state index contributed by atoms with van der Waals surface area (Å²) in [6, 6.07) is 15.0. The molecular formula is C27H29N3O4. The molecule has 2 aliphatic rings. The van der Waals surface area contributed by atoms with Crippen LogP contribution in [0.25, 0.3) is 0 Å². The van der Waals surface area contributed by atoms with Crippen molar-refractivity contribution in [2.24, 2.45) is 0 Å². The highest BCUT2D eigenvalue weighted by molar-refractivity contribution is 5.95. The monoisotopic (exact) mass is 459 g/mol. The van der Waals surface area contributed by atoms with Crippen LogP contribution in [0.15, 0.2) is 59.1 Å². The Morgan fingerprint density at radius 1 is 1.12 bits per heavy atom. The van der Waals surface area contributed by atoms with E-state index in [4.69, 9.17) is 9.15 Å². The molecule has 2 atom stereocenters. The van der Waals surface area contributed by atoms with Crippen LogP contribution in [0.4, 0.5) is 0 Å². The number of hydrogen-bond acceptors (Lipinski definition) is 5. The molecule has 7 nitrogen and oxygen atoms in total. The number of carbonyl (C=O) groups is 2. The molecule has 1 fully saturated rings. The zero-order chi connectivity index (χ0) is 23.9. The summed E-state index contributed by atoms with van der Waals surface area (Å²) < 4.78 is 11.7. The molecular weight excluding hydrogens is 430 g/mol. The van der Waals surface area contributed by atoms with Crippen molar-refractivity contribution in [3.63, 3.8) is 0 Å². The molecule has 2 aromatic heterocycles. The van der Waals surface area contributed by atoms with Crippen LogP contribution in [0.3, 0.4) is 0 Å². The number of nitrogens with one attached hydrogen (secondary N) is 1. The van der Waals surface area contributed by atoms with Crippen molar-refractivity contribution in [2.75, 3.05) is 20.2 Å². The normalized spacial score (nSPS) is 20.9. The molecule has 2 amide bonds. The zero-order valence-electron chi connectivity index (χ0n) is 19.7. The van der Waals surface area contributed by atoms with Gasteiger partial charge in [-0.3, -0.25) is 14.6 Å². The fourth-order valence-corrected chi connectivity index (χ4v) is 5.76. The minimum Gasteiger partial charge on any atom is -0.466 e. The zero-order valence-corrected chi connectivity index (χ0v) is 19.7. The van der Waals surface area contributed by atoms with Gasteiger partial charge in [0.15, 0.2) is 0 Å². The number of carbonyl (C=O) groups excluding carboxylic acids is 2. The molecule has 34 heavy (non-hydrogen) atoms. The number of nitrogens with zero attached hydrogens (tertiary/aromatic N) is 2. The number of furan rings is 1. The van der Waals surface area contributed by atoms with Gasteiger partial charge in [0.2, 0.25) is 0 Å². The minimum absolute atomic E-state index is 0.00412. The fourth-order valence-electron chi connectivity index (χ4n) is 5.76. The predicted octanol–water partition coefficient (Wildman–Crippen LogP) is 3.97. The third-order valence-corrected chi connectivity index (χ3v) is 7.33. The van der Waals surface area contributed by atoms with Crippen LogP contribution in [-0.2, 0) is 10.2 Å². The molecule has 1 aliphatic carbocycles. The lowest BCUT2D eigenvalue weighted by Crippen LogP contribution is -2.51. The molecule has 0 bridgehead atoms. The molecule has 1 aliphatic heterocycles. The first-order chi connectivity index (χ1) is 16.4. The second-order valence-corrected chi connectivity index (χ2v) is 9.18. The number of likely N-dealkylation sites (tertiary alicyclic amines) is 1. The lowest BCUT2D eigenvalue weighted by atomic mass is 9.71. The Balaban J connectivity index is 1.41. The van der Waals surface area contributed by atoms with Gasteiger partial charge in [0.25, 0.3) is 11.8 Å². The van der Waals surface area contributed by atoms with E-state index in [1.165, 1.54) is 5.56 Å². The summed E-state index contributed by atoms with van der Waals surface area (Å²) in [4.78, 5) is 32.2. The first kappa shape index (κ1) is 22.3. The second-order valence-electron chi connectivity index (χ2n) is 9.18. The van der Waals surface area contributed by atoms with E-state index in [-0.39, 0.29) is 29.4 Å². The molecule has 5 rings (SSSR count). The van der Waals surface area contributed by atoms with E-state index in [1.807, 2.05) is 36.9 Å². The molecule has 1 N–H and O–H groups in total. The minimum atomic E-state index is -0.295. The van der Waals surface area contributed by atoms with E-state index < -0.39 is 0 Å². The van der Waals surface area contributed by atoms with Gasteiger partial charge in [-0.1, -0.05) is 30.3 Å². The number of amides is 2. The van der Waals surface area contributed by atoms with E-state index in [1.54, 1.807) is 31.5 Å². The Labute approximate surface area is 199 Å². The number of methoxy groups -OCH3 is 1. The van der Waals surface area contributed by atoms with Crippen LogP contribution >= 0.6 is 0 Å². The Hall–Kier alpha value is -3.45. The van der Waals surface area contributed by atoms with E-state index in [2.05, 4.69) is 22.4 Å². The van der Waals surface area contributed by atoms with Gasteiger partial charge in [0.1, 0.15) is 17.2 Å². The third-order valence-electron chi connectivity index (χ3n) is 7.33. The highest BCUT2D eigenvalue weighted by Gasteiger charge is 2.54. The average molecular weight is 460 g/mol. The van der Waals surface area contributed by atoms with Crippen LogP contribution in [0.5, 0.6) is 0 Å². The van der Waals surface area contributed by atoms with E-state index >= 15 is 0 Å². The van der Waals surface area contributed by atoms with Gasteiger partial charge in [-0.05, 0) is 56.0 Å². The fraction of sp³-hybridized carbons (Fsp3) is 0.370. The predicted molar refractivity (Wildman–Crippen MR) is 127 cm³/mol. The summed E-state index contributed by atoms with van der Waals surface area (Å²) in [6.45, 7) is 4.90. The molecule has 0 saturated carbocycles. The Morgan fingerprint density at radius 3 is 2.50 bits per heavy atom. The smallest absolute Gasteiger partial charge is 0.270 e. The van der Waals surface area contributed by atoms with Gasteiger partial charge < -0.3 is 19.4 Å². The van der Waals surface area contributed by atoms with Gasteiger partial charge in [-0.25, -0.2) is 0 Å². The first-order valence-electron chi connectivity index (χ1n) is 11.6. The standard InChI is InChI=1S/C27H29N3O4/c1-17-16-20(18(2)34-17)26(32)30-14-11-27(12-15-30)21-9-5-4-8-19(21)23(24(27)33-3)29-25(31)22-10-6-7-13-28-22/h4-10,13,16,23-24H,11-12,14-15H2,1-3H3,(H,29,31)/t23-,24+/m1/s1. The molecule has 1 spiro atoms. The molecule has 3 aromatic rings.